The summed E-state index contributed by atoms with van der Waals surface area (Å²) < 4.78 is 15.7. The van der Waals surface area contributed by atoms with Crippen LogP contribution in [0.2, 0.25) is 0 Å². The van der Waals surface area contributed by atoms with Crippen molar-refractivity contribution in [2.75, 3.05) is 6.79 Å². The van der Waals surface area contributed by atoms with Gasteiger partial charge in [0.1, 0.15) is 5.75 Å². The van der Waals surface area contributed by atoms with Gasteiger partial charge in [-0.05, 0) is 42.8 Å². The number of rotatable bonds is 4. The number of hydrogen-bond donors (Lipinski definition) is 0. The Kier molecular flexibility index (Phi) is 4.10. The zero-order chi connectivity index (χ0) is 16.2. The molecule has 0 amide bonds. The Morgan fingerprint density at radius 1 is 1.09 bits per heavy atom. The highest BCUT2D eigenvalue weighted by molar-refractivity contribution is 5.95. The fourth-order valence-corrected chi connectivity index (χ4v) is 2.11. The minimum Gasteiger partial charge on any atom is -0.454 e. The smallest absolute Gasteiger partial charge is 0.336 e. The van der Waals surface area contributed by atoms with E-state index in [-0.39, 0.29) is 12.6 Å². The second kappa shape index (κ2) is 6.36. The molecule has 0 saturated heterocycles. The monoisotopic (exact) mass is 310 g/mol. The molecule has 0 aliphatic carbocycles. The fourth-order valence-electron chi connectivity index (χ4n) is 2.11. The largest absolute Gasteiger partial charge is 0.454 e. The number of hydrogen-bond acceptors (Lipinski definition) is 5. The molecule has 1 aliphatic heterocycles. The molecule has 1 heterocycles. The van der Waals surface area contributed by atoms with Gasteiger partial charge >= 0.3 is 5.97 Å². The van der Waals surface area contributed by atoms with Crippen molar-refractivity contribution in [2.45, 2.75) is 6.92 Å². The van der Waals surface area contributed by atoms with E-state index in [0.29, 0.717) is 22.8 Å². The van der Waals surface area contributed by atoms with Crippen LogP contribution in [0.15, 0.2) is 48.5 Å². The van der Waals surface area contributed by atoms with E-state index in [1.54, 1.807) is 36.4 Å². The molecule has 2 aromatic carbocycles. The van der Waals surface area contributed by atoms with Crippen LogP contribution in [0, 0.1) is 0 Å². The SMILES string of the molecule is CC(=O)c1cccc(OC(=O)/C=C\c2ccc3c(c2)OCO3)c1. The second-order valence-electron chi connectivity index (χ2n) is 4.95. The van der Waals surface area contributed by atoms with Gasteiger partial charge < -0.3 is 14.2 Å². The summed E-state index contributed by atoms with van der Waals surface area (Å²) in [6.07, 6.45) is 2.94. The van der Waals surface area contributed by atoms with E-state index in [0.717, 1.165) is 5.56 Å². The lowest BCUT2D eigenvalue weighted by Gasteiger charge is -2.03. The molecule has 0 bridgehead atoms. The number of ether oxygens (including phenoxy) is 3. The molecule has 0 radical (unpaired) electrons. The Labute approximate surface area is 133 Å². The molecule has 5 nitrogen and oxygen atoms in total. The minimum atomic E-state index is -0.525. The van der Waals surface area contributed by atoms with Crippen molar-refractivity contribution in [1.29, 1.82) is 0 Å². The lowest BCUT2D eigenvalue weighted by Crippen LogP contribution is -2.04. The van der Waals surface area contributed by atoms with Crippen molar-refractivity contribution >= 4 is 17.8 Å². The number of esters is 1. The van der Waals surface area contributed by atoms with E-state index in [9.17, 15) is 9.59 Å². The van der Waals surface area contributed by atoms with E-state index >= 15 is 0 Å². The number of carbonyl (C=O) groups is 2. The lowest BCUT2D eigenvalue weighted by molar-refractivity contribution is -0.128. The molecule has 2 aromatic rings. The Morgan fingerprint density at radius 3 is 2.74 bits per heavy atom. The molecule has 0 aromatic heterocycles. The van der Waals surface area contributed by atoms with Crippen LogP contribution in [0.25, 0.3) is 6.08 Å². The first-order valence-electron chi connectivity index (χ1n) is 7.02. The summed E-state index contributed by atoms with van der Waals surface area (Å²) in [6, 6.07) is 11.9. The third-order valence-electron chi connectivity index (χ3n) is 3.27. The summed E-state index contributed by atoms with van der Waals surface area (Å²) in [4.78, 5) is 23.2. The molecule has 23 heavy (non-hydrogen) atoms. The van der Waals surface area contributed by atoms with Crippen LogP contribution in [-0.2, 0) is 4.79 Å². The van der Waals surface area contributed by atoms with Crippen molar-refractivity contribution in [2.24, 2.45) is 0 Å². The van der Waals surface area contributed by atoms with Gasteiger partial charge in [-0.3, -0.25) is 4.79 Å². The lowest BCUT2D eigenvalue weighted by atomic mass is 10.1. The zero-order valence-corrected chi connectivity index (χ0v) is 12.4. The van der Waals surface area contributed by atoms with E-state index in [4.69, 9.17) is 14.2 Å². The van der Waals surface area contributed by atoms with Crippen molar-refractivity contribution in [1.82, 2.24) is 0 Å². The molecule has 0 N–H and O–H groups in total. The van der Waals surface area contributed by atoms with E-state index in [1.165, 1.54) is 19.1 Å². The predicted octanol–water partition coefficient (Wildman–Crippen LogP) is 3.24. The maximum Gasteiger partial charge on any atom is 0.336 e. The van der Waals surface area contributed by atoms with E-state index < -0.39 is 5.97 Å². The average molecular weight is 310 g/mol. The van der Waals surface area contributed by atoms with Crippen LogP contribution in [0.3, 0.4) is 0 Å². The molecule has 3 rings (SSSR count). The van der Waals surface area contributed by atoms with Crippen LogP contribution >= 0.6 is 0 Å². The number of Topliss-reactive ketones (excluding diaryl/α,β-unsaturated/α-hetero) is 1. The summed E-state index contributed by atoms with van der Waals surface area (Å²) in [7, 11) is 0. The number of benzene rings is 2. The molecular formula is C18H14O5. The van der Waals surface area contributed by atoms with Gasteiger partial charge in [-0.25, -0.2) is 4.79 Å². The summed E-state index contributed by atoms with van der Waals surface area (Å²) >= 11 is 0. The summed E-state index contributed by atoms with van der Waals surface area (Å²) in [6.45, 7) is 1.66. The van der Waals surface area contributed by atoms with Crippen molar-refractivity contribution in [3.63, 3.8) is 0 Å². The second-order valence-corrected chi connectivity index (χ2v) is 4.95. The minimum absolute atomic E-state index is 0.0844. The van der Waals surface area contributed by atoms with Crippen LogP contribution in [-0.4, -0.2) is 18.5 Å². The summed E-state index contributed by atoms with van der Waals surface area (Å²) in [5.74, 6) is 1.06. The van der Waals surface area contributed by atoms with E-state index in [2.05, 4.69) is 0 Å². The van der Waals surface area contributed by atoms with Crippen LogP contribution < -0.4 is 14.2 Å². The first-order valence-corrected chi connectivity index (χ1v) is 7.02. The molecule has 1 aliphatic rings. The van der Waals surface area contributed by atoms with Crippen molar-refractivity contribution < 1.29 is 23.8 Å². The Hall–Kier alpha value is -3.08. The van der Waals surface area contributed by atoms with Gasteiger partial charge in [0, 0.05) is 11.6 Å². The zero-order valence-electron chi connectivity index (χ0n) is 12.4. The Balaban J connectivity index is 1.67. The highest BCUT2D eigenvalue weighted by Gasteiger charge is 2.12. The predicted molar refractivity (Wildman–Crippen MR) is 83.7 cm³/mol. The Morgan fingerprint density at radius 2 is 1.91 bits per heavy atom. The molecule has 116 valence electrons. The van der Waals surface area contributed by atoms with Gasteiger partial charge in [-0.15, -0.1) is 0 Å². The first kappa shape index (κ1) is 14.8. The number of carbonyl (C=O) groups excluding carboxylic acids is 2. The molecule has 0 atom stereocenters. The number of ketones is 1. The third-order valence-corrected chi connectivity index (χ3v) is 3.27. The van der Waals surface area contributed by atoms with Gasteiger partial charge in [-0.2, -0.15) is 0 Å². The van der Waals surface area contributed by atoms with Gasteiger partial charge in [0.2, 0.25) is 6.79 Å². The average Bonchev–Trinajstić information content (AvgIpc) is 3.01. The molecule has 0 fully saturated rings. The standard InChI is InChI=1S/C18H14O5/c1-12(19)14-3-2-4-15(10-14)23-18(20)8-6-13-5-7-16-17(9-13)22-11-21-16/h2-10H,11H2,1H3/b8-6-. The van der Waals surface area contributed by atoms with Crippen LogP contribution in [0.5, 0.6) is 17.2 Å². The van der Waals surface area contributed by atoms with Gasteiger partial charge in [0.15, 0.2) is 17.3 Å². The highest BCUT2D eigenvalue weighted by Crippen LogP contribution is 2.32. The maximum absolute atomic E-state index is 11.9. The normalized spacial score (nSPS) is 12.4. The van der Waals surface area contributed by atoms with E-state index in [1.807, 2.05) is 6.07 Å². The molecule has 0 saturated carbocycles. The van der Waals surface area contributed by atoms with Gasteiger partial charge in [0.05, 0.1) is 0 Å². The van der Waals surface area contributed by atoms with Crippen LogP contribution in [0.4, 0.5) is 0 Å². The van der Waals surface area contributed by atoms with Gasteiger partial charge in [0.25, 0.3) is 0 Å². The van der Waals surface area contributed by atoms with Crippen molar-refractivity contribution in [3.8, 4) is 17.2 Å². The maximum atomic E-state index is 11.9. The number of fused-ring (bicyclic) bond motifs is 1. The quantitative estimate of drug-likeness (QED) is 0.375. The van der Waals surface area contributed by atoms with Crippen molar-refractivity contribution in [3.05, 3.63) is 59.7 Å². The molecule has 0 spiro atoms. The molecule has 0 unspecified atom stereocenters. The highest BCUT2D eigenvalue weighted by atomic mass is 16.7. The topological polar surface area (TPSA) is 61.8 Å². The fraction of sp³-hybridized carbons (Fsp3) is 0.111. The van der Waals surface area contributed by atoms with Crippen LogP contribution in [0.1, 0.15) is 22.8 Å². The summed E-state index contributed by atoms with van der Waals surface area (Å²) in [5.41, 5.74) is 1.29. The third kappa shape index (κ3) is 3.58. The Bertz CT molecular complexity index is 792. The van der Waals surface area contributed by atoms with Gasteiger partial charge in [-0.1, -0.05) is 18.2 Å². The molecular weight excluding hydrogens is 296 g/mol. The first-order chi connectivity index (χ1) is 11.1. The molecule has 5 heteroatoms. The summed E-state index contributed by atoms with van der Waals surface area (Å²) in [5, 5.41) is 0.